The van der Waals surface area contributed by atoms with Crippen molar-refractivity contribution < 1.29 is 34.7 Å². The Balaban J connectivity index is -0.0000000275. The molecule has 0 amide bonds. The summed E-state index contributed by atoms with van der Waals surface area (Å²) in [5.41, 5.74) is 0. The minimum absolute atomic E-state index is 0. The van der Waals surface area contributed by atoms with E-state index >= 15 is 0 Å². The molecule has 0 aliphatic carbocycles. The molecule has 0 rings (SSSR count). The van der Waals surface area contributed by atoms with E-state index in [1.807, 2.05) is 0 Å². The molecule has 0 aliphatic rings. The van der Waals surface area contributed by atoms with Crippen LogP contribution >= 0.6 is 0 Å². The first-order chi connectivity index (χ1) is 2.41. The molecule has 6 heavy (non-hydrogen) atoms. The van der Waals surface area contributed by atoms with Crippen LogP contribution in [0.5, 0.6) is 0 Å². The van der Waals surface area contributed by atoms with Crippen LogP contribution in [-0.4, -0.2) is 12.2 Å². The molecule has 0 saturated carbocycles. The molecule has 4 heteroatoms. The smallest absolute Gasteiger partial charge is 0.696 e. The molecular formula is C2H4NNaOS. The van der Waals surface area contributed by atoms with Gasteiger partial charge in [-0.25, -0.2) is 5.26 Å². The van der Waals surface area contributed by atoms with Gasteiger partial charge in [-0.3, -0.25) is 0 Å². The van der Waals surface area contributed by atoms with Gasteiger partial charge in [0.05, 0.1) is 0 Å². The molecule has 0 aromatic heterocycles. The minimum Gasteiger partial charge on any atom is -0.696 e. The predicted molar refractivity (Wildman–Crippen MR) is 21.1 cm³/mol. The van der Waals surface area contributed by atoms with Crippen molar-refractivity contribution in [1.29, 1.82) is 5.26 Å². The molecule has 1 N–H and O–H groups in total. The van der Waals surface area contributed by atoms with E-state index in [-0.39, 0.29) is 29.6 Å². The first-order valence-electron chi connectivity index (χ1n) is 0.875. The standard InChI is InChI=1S/CHNS.CH4O.Na/c2-1-3;1-2;/h3H;2H,1H3;/q;;+1/p-1. The molecule has 30 valence electrons. The SMILES string of the molecule is CO.N#C[S-].[Na+]. The van der Waals surface area contributed by atoms with Crippen LogP contribution in [-0.2, 0) is 12.6 Å². The van der Waals surface area contributed by atoms with Gasteiger partial charge in [0, 0.05) is 7.11 Å². The molecule has 0 spiro atoms. The molecule has 0 radical (unpaired) electrons. The van der Waals surface area contributed by atoms with Crippen molar-refractivity contribution in [2.45, 2.75) is 0 Å². The third-order valence-electron chi connectivity index (χ3n) is 0. The molecule has 0 saturated heterocycles. The maximum Gasteiger partial charge on any atom is 1.00 e. The number of hydrogen-bond acceptors (Lipinski definition) is 3. The molecule has 0 unspecified atom stereocenters. The van der Waals surface area contributed by atoms with Gasteiger partial charge in [0.2, 0.25) is 0 Å². The molecule has 0 bridgehead atoms. The maximum absolute atomic E-state index is 7.13. The molecule has 0 heterocycles. The summed E-state index contributed by atoms with van der Waals surface area (Å²) in [7, 11) is 1.00. The summed E-state index contributed by atoms with van der Waals surface area (Å²) in [6.07, 6.45) is 0. The zero-order valence-corrected chi connectivity index (χ0v) is 6.62. The normalized spacial score (nSPS) is 2.17. The van der Waals surface area contributed by atoms with Crippen molar-refractivity contribution in [1.82, 2.24) is 0 Å². The Hall–Kier alpha value is 0.670. The van der Waals surface area contributed by atoms with E-state index in [0.29, 0.717) is 0 Å². The van der Waals surface area contributed by atoms with Crippen LogP contribution < -0.4 is 29.6 Å². The van der Waals surface area contributed by atoms with E-state index in [1.165, 1.54) is 5.40 Å². The van der Waals surface area contributed by atoms with E-state index in [4.69, 9.17) is 10.4 Å². The van der Waals surface area contributed by atoms with Gasteiger partial charge in [0.15, 0.2) is 0 Å². The van der Waals surface area contributed by atoms with Gasteiger partial charge in [-0.15, -0.1) is 0 Å². The van der Waals surface area contributed by atoms with Crippen molar-refractivity contribution in [2.75, 3.05) is 7.11 Å². The van der Waals surface area contributed by atoms with Crippen LogP contribution in [0.4, 0.5) is 0 Å². The molecule has 2 nitrogen and oxygen atoms in total. The summed E-state index contributed by atoms with van der Waals surface area (Å²) in [5, 5.41) is 15.5. The van der Waals surface area contributed by atoms with Crippen LogP contribution in [0.1, 0.15) is 0 Å². The Labute approximate surface area is 64.9 Å². The van der Waals surface area contributed by atoms with Crippen LogP contribution in [0.2, 0.25) is 0 Å². The third-order valence-corrected chi connectivity index (χ3v) is 0. The number of aliphatic hydroxyl groups is 1. The molecule has 0 fully saturated rings. The van der Waals surface area contributed by atoms with Gasteiger partial charge in [0.25, 0.3) is 0 Å². The van der Waals surface area contributed by atoms with E-state index in [9.17, 15) is 0 Å². The number of nitrogens with zero attached hydrogens (tertiary/aromatic N) is 1. The number of rotatable bonds is 0. The Kier molecular flexibility index (Phi) is 118. The van der Waals surface area contributed by atoms with Crippen molar-refractivity contribution in [3.8, 4) is 5.40 Å². The van der Waals surface area contributed by atoms with Crippen molar-refractivity contribution in [2.24, 2.45) is 0 Å². The summed E-state index contributed by atoms with van der Waals surface area (Å²) >= 11 is 3.70. The average Bonchev–Trinajstić information content (AvgIpc) is 1.46. The molecule has 0 aromatic carbocycles. The predicted octanol–water partition coefficient (Wildman–Crippen LogP) is -3.37. The number of aliphatic hydroxyl groups excluding tert-OH is 1. The monoisotopic (exact) mass is 113 g/mol. The topological polar surface area (TPSA) is 44.0 Å². The molecular weight excluding hydrogens is 109 g/mol. The van der Waals surface area contributed by atoms with E-state index in [2.05, 4.69) is 12.6 Å². The number of hydrogen-bond donors (Lipinski definition) is 1. The molecule has 0 atom stereocenters. The first-order valence-corrected chi connectivity index (χ1v) is 1.28. The van der Waals surface area contributed by atoms with Crippen LogP contribution in [0, 0.1) is 10.7 Å². The second kappa shape index (κ2) is 44.3. The van der Waals surface area contributed by atoms with Gasteiger partial charge >= 0.3 is 29.6 Å². The van der Waals surface area contributed by atoms with Crippen LogP contribution in [0.25, 0.3) is 0 Å². The van der Waals surface area contributed by atoms with E-state index < -0.39 is 0 Å². The number of nitriles is 1. The van der Waals surface area contributed by atoms with Gasteiger partial charge < -0.3 is 17.7 Å². The zero-order valence-electron chi connectivity index (χ0n) is 3.80. The first kappa shape index (κ1) is 15.9. The van der Waals surface area contributed by atoms with Crippen LogP contribution in [0.3, 0.4) is 0 Å². The zero-order chi connectivity index (χ0) is 4.71. The average molecular weight is 113 g/mol. The van der Waals surface area contributed by atoms with Crippen molar-refractivity contribution >= 4 is 12.6 Å². The quantitative estimate of drug-likeness (QED) is 0.202. The summed E-state index contributed by atoms with van der Waals surface area (Å²) < 4.78 is 0. The van der Waals surface area contributed by atoms with Crippen LogP contribution in [0.15, 0.2) is 0 Å². The summed E-state index contributed by atoms with van der Waals surface area (Å²) in [6, 6.07) is 0. The van der Waals surface area contributed by atoms with E-state index in [0.717, 1.165) is 7.11 Å². The van der Waals surface area contributed by atoms with Crippen molar-refractivity contribution in [3.05, 3.63) is 0 Å². The Morgan fingerprint density at radius 1 is 1.67 bits per heavy atom. The fourth-order valence-corrected chi connectivity index (χ4v) is 0. The third kappa shape index (κ3) is 140. The largest absolute Gasteiger partial charge is 1.00 e. The minimum atomic E-state index is 0. The van der Waals surface area contributed by atoms with Gasteiger partial charge in [0.1, 0.15) is 0 Å². The van der Waals surface area contributed by atoms with E-state index in [1.54, 1.807) is 0 Å². The summed E-state index contributed by atoms with van der Waals surface area (Å²) in [5.74, 6) is 0. The van der Waals surface area contributed by atoms with Gasteiger partial charge in [-0.1, -0.05) is 5.40 Å². The van der Waals surface area contributed by atoms with Gasteiger partial charge in [-0.05, 0) is 0 Å². The Bertz CT molecular complexity index is 35.0. The maximum atomic E-state index is 7.13. The fraction of sp³-hybridized carbons (Fsp3) is 0.500. The molecule has 0 aromatic rings. The number of thiocyanates is 1. The second-order valence-electron chi connectivity index (χ2n) is 0.0913. The fourth-order valence-electron chi connectivity index (χ4n) is 0. The Morgan fingerprint density at radius 3 is 1.67 bits per heavy atom. The summed E-state index contributed by atoms with van der Waals surface area (Å²) in [6.45, 7) is 0. The Morgan fingerprint density at radius 2 is 1.67 bits per heavy atom. The summed E-state index contributed by atoms with van der Waals surface area (Å²) in [4.78, 5) is 0. The second-order valence-corrected chi connectivity index (χ2v) is 0.274. The van der Waals surface area contributed by atoms with Gasteiger partial charge in [-0.2, -0.15) is 0 Å². The molecule has 0 aliphatic heterocycles. The van der Waals surface area contributed by atoms with Crippen molar-refractivity contribution in [3.63, 3.8) is 0 Å².